The van der Waals surface area contributed by atoms with Gasteiger partial charge in [0.05, 0.1) is 16.3 Å². The van der Waals surface area contributed by atoms with E-state index >= 15 is 0 Å². The number of thiazole rings is 1. The van der Waals surface area contributed by atoms with E-state index in [0.29, 0.717) is 0 Å². The fraction of sp³-hybridized carbons (Fsp3) is 0.263. The van der Waals surface area contributed by atoms with Crippen molar-refractivity contribution in [3.05, 3.63) is 54.1 Å². The van der Waals surface area contributed by atoms with Crippen LogP contribution >= 0.6 is 11.3 Å². The lowest BCUT2D eigenvalue weighted by Crippen LogP contribution is -2.35. The Morgan fingerprint density at radius 3 is 2.58 bits per heavy atom. The van der Waals surface area contributed by atoms with Gasteiger partial charge in [0.25, 0.3) is 0 Å². The number of fused-ring (bicyclic) bond motifs is 1. The Kier molecular flexibility index (Phi) is 4.92. The number of para-hydroxylation sites is 1. The molecule has 5 heteroatoms. The van der Waals surface area contributed by atoms with E-state index in [1.165, 1.54) is 0 Å². The minimum Gasteiger partial charge on any atom is -0.332 e. The maximum atomic E-state index is 12.5. The number of aromatic nitrogens is 1. The molecule has 0 aliphatic rings. The van der Waals surface area contributed by atoms with E-state index < -0.39 is 0 Å². The summed E-state index contributed by atoms with van der Waals surface area (Å²) in [5.41, 5.74) is 2.66. The third-order valence-corrected chi connectivity index (χ3v) is 5.21. The van der Waals surface area contributed by atoms with Gasteiger partial charge in [-0.1, -0.05) is 30.4 Å². The second kappa shape index (κ2) is 7.11. The highest BCUT2D eigenvalue weighted by Crippen LogP contribution is 2.28. The molecule has 3 aromatic rings. The fourth-order valence-corrected chi connectivity index (χ4v) is 3.37. The van der Waals surface area contributed by atoms with Gasteiger partial charge in [-0.15, -0.1) is 0 Å². The molecule has 3 rings (SSSR count). The van der Waals surface area contributed by atoms with E-state index in [0.717, 1.165) is 33.1 Å². The maximum absolute atomic E-state index is 12.5. The van der Waals surface area contributed by atoms with Crippen LogP contribution in [0.15, 0.2) is 48.5 Å². The average Bonchev–Trinajstić information content (AvgIpc) is 3.02. The number of Topliss-reactive ketones (excluding diaryl/α,β-unsaturated/α-hetero) is 1. The smallest absolute Gasteiger partial charge is 0.188 e. The Labute approximate surface area is 146 Å². The van der Waals surface area contributed by atoms with E-state index in [9.17, 15) is 4.79 Å². The SMILES string of the molecule is CCN(C)C(C)C(=O)c1ccc(Nc2nc3ccccc3s2)cc1. The van der Waals surface area contributed by atoms with Crippen LogP contribution < -0.4 is 5.32 Å². The van der Waals surface area contributed by atoms with Crippen LogP contribution in [-0.2, 0) is 0 Å². The molecule has 0 spiro atoms. The van der Waals surface area contributed by atoms with Crippen LogP contribution in [-0.4, -0.2) is 35.3 Å². The van der Waals surface area contributed by atoms with Crippen molar-refractivity contribution in [2.24, 2.45) is 0 Å². The van der Waals surface area contributed by atoms with Gasteiger partial charge in [-0.05, 0) is 56.9 Å². The number of ketones is 1. The minimum absolute atomic E-state index is 0.113. The van der Waals surface area contributed by atoms with Crippen LogP contribution in [0.5, 0.6) is 0 Å². The molecule has 1 aromatic heterocycles. The molecule has 24 heavy (non-hydrogen) atoms. The highest BCUT2D eigenvalue weighted by atomic mass is 32.1. The highest BCUT2D eigenvalue weighted by molar-refractivity contribution is 7.22. The Morgan fingerprint density at radius 1 is 1.21 bits per heavy atom. The molecule has 1 heterocycles. The molecule has 0 radical (unpaired) electrons. The van der Waals surface area contributed by atoms with Gasteiger partial charge in [0, 0.05) is 11.3 Å². The zero-order chi connectivity index (χ0) is 17.1. The van der Waals surface area contributed by atoms with Crippen molar-refractivity contribution in [1.29, 1.82) is 0 Å². The number of nitrogens with one attached hydrogen (secondary N) is 1. The minimum atomic E-state index is -0.113. The molecule has 0 fully saturated rings. The first-order valence-electron chi connectivity index (χ1n) is 8.05. The van der Waals surface area contributed by atoms with Crippen molar-refractivity contribution >= 4 is 38.2 Å². The summed E-state index contributed by atoms with van der Waals surface area (Å²) < 4.78 is 1.16. The van der Waals surface area contributed by atoms with Gasteiger partial charge in [-0.3, -0.25) is 9.69 Å². The Balaban J connectivity index is 1.73. The highest BCUT2D eigenvalue weighted by Gasteiger charge is 2.18. The molecule has 0 bridgehead atoms. The molecule has 4 nitrogen and oxygen atoms in total. The molecule has 1 atom stereocenters. The lowest BCUT2D eigenvalue weighted by molar-refractivity contribution is 0.0874. The molecule has 0 aliphatic heterocycles. The summed E-state index contributed by atoms with van der Waals surface area (Å²) in [6.45, 7) is 4.85. The van der Waals surface area contributed by atoms with Crippen LogP contribution in [0, 0.1) is 0 Å². The van der Waals surface area contributed by atoms with Gasteiger partial charge < -0.3 is 5.32 Å². The summed E-state index contributed by atoms with van der Waals surface area (Å²) >= 11 is 1.62. The summed E-state index contributed by atoms with van der Waals surface area (Å²) in [6, 6.07) is 15.6. The van der Waals surface area contributed by atoms with Crippen LogP contribution in [0.25, 0.3) is 10.2 Å². The predicted octanol–water partition coefficient (Wildman–Crippen LogP) is 4.56. The molecule has 0 saturated carbocycles. The number of hydrogen-bond donors (Lipinski definition) is 1. The van der Waals surface area contributed by atoms with Gasteiger partial charge in [-0.25, -0.2) is 4.98 Å². The third-order valence-electron chi connectivity index (χ3n) is 4.25. The van der Waals surface area contributed by atoms with Crippen molar-refractivity contribution in [2.45, 2.75) is 19.9 Å². The summed E-state index contributed by atoms with van der Waals surface area (Å²) in [6.07, 6.45) is 0. The number of carbonyl (C=O) groups is 1. The number of likely N-dealkylation sites (N-methyl/N-ethyl adjacent to an activating group) is 1. The maximum Gasteiger partial charge on any atom is 0.188 e. The zero-order valence-corrected chi connectivity index (χ0v) is 14.9. The van der Waals surface area contributed by atoms with Crippen molar-refractivity contribution in [3.8, 4) is 0 Å². The topological polar surface area (TPSA) is 45.2 Å². The first-order chi connectivity index (χ1) is 11.6. The third kappa shape index (κ3) is 3.47. The van der Waals surface area contributed by atoms with Gasteiger partial charge >= 0.3 is 0 Å². The first-order valence-corrected chi connectivity index (χ1v) is 8.87. The monoisotopic (exact) mass is 339 g/mol. The van der Waals surface area contributed by atoms with Gasteiger partial charge in [-0.2, -0.15) is 0 Å². The Morgan fingerprint density at radius 2 is 1.92 bits per heavy atom. The lowest BCUT2D eigenvalue weighted by atomic mass is 10.0. The average molecular weight is 339 g/mol. The standard InChI is InChI=1S/C19H21N3OS/c1-4-22(3)13(2)18(23)14-9-11-15(12-10-14)20-19-21-16-7-5-6-8-17(16)24-19/h5-13H,4H2,1-3H3,(H,20,21). The summed E-state index contributed by atoms with van der Waals surface area (Å²) in [7, 11) is 1.96. The summed E-state index contributed by atoms with van der Waals surface area (Å²) in [4.78, 5) is 19.1. The number of benzene rings is 2. The van der Waals surface area contributed by atoms with E-state index in [-0.39, 0.29) is 11.8 Å². The molecule has 0 saturated heterocycles. The van der Waals surface area contributed by atoms with Crippen LogP contribution in [0.3, 0.4) is 0 Å². The normalized spacial score (nSPS) is 12.5. The second-order valence-corrected chi connectivity index (χ2v) is 6.83. The van der Waals surface area contributed by atoms with Crippen molar-refractivity contribution in [3.63, 3.8) is 0 Å². The van der Waals surface area contributed by atoms with E-state index in [1.54, 1.807) is 11.3 Å². The Hall–Kier alpha value is -2.24. The number of hydrogen-bond acceptors (Lipinski definition) is 5. The van der Waals surface area contributed by atoms with E-state index in [1.807, 2.05) is 61.3 Å². The molecular weight excluding hydrogens is 318 g/mol. The fourth-order valence-electron chi connectivity index (χ4n) is 2.48. The predicted molar refractivity (Wildman–Crippen MR) is 101 cm³/mol. The molecule has 0 aliphatic carbocycles. The van der Waals surface area contributed by atoms with Crippen LogP contribution in [0.2, 0.25) is 0 Å². The second-order valence-electron chi connectivity index (χ2n) is 5.80. The van der Waals surface area contributed by atoms with Crippen molar-refractivity contribution in [1.82, 2.24) is 9.88 Å². The van der Waals surface area contributed by atoms with E-state index in [4.69, 9.17) is 0 Å². The molecule has 0 amide bonds. The van der Waals surface area contributed by atoms with Crippen molar-refractivity contribution < 1.29 is 4.79 Å². The molecule has 2 aromatic carbocycles. The van der Waals surface area contributed by atoms with Gasteiger partial charge in [0.2, 0.25) is 0 Å². The number of nitrogens with zero attached hydrogens (tertiary/aromatic N) is 2. The van der Waals surface area contributed by atoms with Gasteiger partial charge in [0.15, 0.2) is 10.9 Å². The number of carbonyl (C=O) groups excluding carboxylic acids is 1. The van der Waals surface area contributed by atoms with E-state index in [2.05, 4.69) is 23.3 Å². The zero-order valence-electron chi connectivity index (χ0n) is 14.1. The van der Waals surface area contributed by atoms with Gasteiger partial charge in [0.1, 0.15) is 0 Å². The summed E-state index contributed by atoms with van der Waals surface area (Å²) in [5.74, 6) is 0.144. The number of rotatable bonds is 6. The molecule has 124 valence electrons. The first kappa shape index (κ1) is 16.6. The quantitative estimate of drug-likeness (QED) is 0.669. The number of anilines is 2. The summed E-state index contributed by atoms with van der Waals surface area (Å²) in [5, 5.41) is 4.16. The molecule has 1 unspecified atom stereocenters. The lowest BCUT2D eigenvalue weighted by Gasteiger charge is -2.21. The molecule has 1 N–H and O–H groups in total. The molecular formula is C19H21N3OS. The van der Waals surface area contributed by atoms with Crippen molar-refractivity contribution in [2.75, 3.05) is 18.9 Å². The largest absolute Gasteiger partial charge is 0.332 e. The Bertz CT molecular complexity index is 808. The van der Waals surface area contributed by atoms with Crippen LogP contribution in [0.4, 0.5) is 10.8 Å². The van der Waals surface area contributed by atoms with Crippen LogP contribution in [0.1, 0.15) is 24.2 Å².